The van der Waals surface area contributed by atoms with E-state index in [0.29, 0.717) is 23.4 Å². The van der Waals surface area contributed by atoms with Crippen LogP contribution in [-0.2, 0) is 4.79 Å². The van der Waals surface area contributed by atoms with E-state index in [-0.39, 0.29) is 11.1 Å². The normalized spacial score (nSPS) is 14.8. The van der Waals surface area contributed by atoms with Crippen molar-refractivity contribution >= 4 is 34.8 Å². The van der Waals surface area contributed by atoms with Crippen LogP contribution in [0, 0.1) is 6.92 Å². The summed E-state index contributed by atoms with van der Waals surface area (Å²) in [4.78, 5) is 15.5. The van der Waals surface area contributed by atoms with Gasteiger partial charge in [-0.25, -0.2) is 4.98 Å². The zero-order valence-electron chi connectivity index (χ0n) is 9.39. The molecule has 0 unspecified atom stereocenters. The smallest absolute Gasteiger partial charge is 0.238 e. The third kappa shape index (κ3) is 3.56. The van der Waals surface area contributed by atoms with Crippen LogP contribution in [0.15, 0.2) is 6.07 Å². The van der Waals surface area contributed by atoms with E-state index in [2.05, 4.69) is 15.6 Å². The first kappa shape index (κ1) is 12.6. The van der Waals surface area contributed by atoms with Gasteiger partial charge in [-0.1, -0.05) is 23.2 Å². The molecule has 0 aliphatic heterocycles. The molecule has 1 fully saturated rings. The lowest BCUT2D eigenvalue weighted by Crippen LogP contribution is -2.29. The average Bonchev–Trinajstić information content (AvgIpc) is 3.04. The van der Waals surface area contributed by atoms with Gasteiger partial charge in [0.1, 0.15) is 5.15 Å². The molecule has 1 aliphatic carbocycles. The van der Waals surface area contributed by atoms with Gasteiger partial charge in [0.25, 0.3) is 0 Å². The molecule has 1 saturated carbocycles. The molecule has 2 N–H and O–H groups in total. The molecule has 0 saturated heterocycles. The molecule has 1 amide bonds. The summed E-state index contributed by atoms with van der Waals surface area (Å²) in [5, 5.41) is 6.40. The Hall–Kier alpha value is -0.840. The van der Waals surface area contributed by atoms with Crippen LogP contribution in [-0.4, -0.2) is 23.5 Å². The minimum Gasteiger partial charge on any atom is -0.322 e. The standard InChI is InChI=1S/C11H13Cl2N3O/c1-6-4-8(12)15-11(13)10(6)16-9(17)5-14-7-2-3-7/h4,7,14H,2-3,5H2,1H3,(H,16,17). The monoisotopic (exact) mass is 273 g/mol. The summed E-state index contributed by atoms with van der Waals surface area (Å²) in [6.07, 6.45) is 2.30. The first-order valence-corrected chi connectivity index (χ1v) is 6.17. The van der Waals surface area contributed by atoms with Gasteiger partial charge in [0.05, 0.1) is 12.2 Å². The summed E-state index contributed by atoms with van der Waals surface area (Å²) >= 11 is 11.7. The maximum Gasteiger partial charge on any atom is 0.238 e. The van der Waals surface area contributed by atoms with Crippen molar-refractivity contribution in [2.24, 2.45) is 0 Å². The molecular weight excluding hydrogens is 261 g/mol. The number of halogens is 2. The Kier molecular flexibility index (Phi) is 3.86. The molecule has 0 spiro atoms. The van der Waals surface area contributed by atoms with E-state index in [1.54, 1.807) is 6.07 Å². The van der Waals surface area contributed by atoms with Crippen LogP contribution in [0.1, 0.15) is 18.4 Å². The molecule has 1 aliphatic rings. The molecule has 1 heterocycles. The molecule has 0 atom stereocenters. The molecule has 92 valence electrons. The van der Waals surface area contributed by atoms with E-state index in [1.165, 1.54) is 0 Å². The molecule has 0 radical (unpaired) electrons. The fraction of sp³-hybridized carbons (Fsp3) is 0.455. The van der Waals surface area contributed by atoms with Crippen molar-refractivity contribution < 1.29 is 4.79 Å². The van der Waals surface area contributed by atoms with Gasteiger partial charge < -0.3 is 10.6 Å². The van der Waals surface area contributed by atoms with E-state index < -0.39 is 0 Å². The first-order valence-electron chi connectivity index (χ1n) is 5.42. The Labute approximate surface area is 110 Å². The first-order chi connectivity index (χ1) is 8.06. The highest BCUT2D eigenvalue weighted by molar-refractivity contribution is 6.34. The van der Waals surface area contributed by atoms with Gasteiger partial charge in [0, 0.05) is 6.04 Å². The summed E-state index contributed by atoms with van der Waals surface area (Å²) < 4.78 is 0. The molecule has 1 aromatic rings. The topological polar surface area (TPSA) is 54.0 Å². The number of pyridine rings is 1. The summed E-state index contributed by atoms with van der Waals surface area (Å²) in [6, 6.07) is 2.16. The number of nitrogens with zero attached hydrogens (tertiary/aromatic N) is 1. The van der Waals surface area contributed by atoms with E-state index in [0.717, 1.165) is 18.4 Å². The fourth-order valence-electron chi connectivity index (χ4n) is 1.45. The minimum absolute atomic E-state index is 0.119. The maximum absolute atomic E-state index is 11.6. The van der Waals surface area contributed by atoms with Crippen molar-refractivity contribution in [2.75, 3.05) is 11.9 Å². The van der Waals surface area contributed by atoms with Gasteiger partial charge >= 0.3 is 0 Å². The van der Waals surface area contributed by atoms with Crippen LogP contribution >= 0.6 is 23.2 Å². The van der Waals surface area contributed by atoms with Crippen molar-refractivity contribution in [3.63, 3.8) is 0 Å². The largest absolute Gasteiger partial charge is 0.322 e. The lowest BCUT2D eigenvalue weighted by Gasteiger charge is -2.10. The van der Waals surface area contributed by atoms with Crippen LogP contribution < -0.4 is 10.6 Å². The number of aryl methyl sites for hydroxylation is 1. The van der Waals surface area contributed by atoms with Crippen molar-refractivity contribution in [1.29, 1.82) is 0 Å². The lowest BCUT2D eigenvalue weighted by atomic mass is 10.2. The molecule has 4 nitrogen and oxygen atoms in total. The number of hydrogen-bond donors (Lipinski definition) is 2. The number of carbonyl (C=O) groups excluding carboxylic acids is 1. The molecule has 6 heteroatoms. The second kappa shape index (κ2) is 5.21. The molecule has 1 aromatic heterocycles. The minimum atomic E-state index is -0.119. The number of hydrogen-bond acceptors (Lipinski definition) is 3. The average molecular weight is 274 g/mol. The lowest BCUT2D eigenvalue weighted by molar-refractivity contribution is -0.115. The number of aromatic nitrogens is 1. The summed E-state index contributed by atoms with van der Waals surface area (Å²) in [5.41, 5.74) is 1.33. The van der Waals surface area contributed by atoms with Crippen LogP contribution in [0.25, 0.3) is 0 Å². The highest BCUT2D eigenvalue weighted by Gasteiger charge is 2.21. The van der Waals surface area contributed by atoms with E-state index in [9.17, 15) is 4.79 Å². The van der Waals surface area contributed by atoms with E-state index in [1.807, 2.05) is 6.92 Å². The number of amides is 1. The molecule has 2 rings (SSSR count). The predicted octanol–water partition coefficient (Wildman–Crippen LogP) is 2.39. The van der Waals surface area contributed by atoms with Crippen molar-refractivity contribution in [3.8, 4) is 0 Å². The van der Waals surface area contributed by atoms with Gasteiger partial charge in [-0.05, 0) is 31.4 Å². The fourth-order valence-corrected chi connectivity index (χ4v) is 2.03. The zero-order valence-corrected chi connectivity index (χ0v) is 10.9. The van der Waals surface area contributed by atoms with Crippen molar-refractivity contribution in [2.45, 2.75) is 25.8 Å². The summed E-state index contributed by atoms with van der Waals surface area (Å²) in [7, 11) is 0. The summed E-state index contributed by atoms with van der Waals surface area (Å²) in [5.74, 6) is -0.119. The van der Waals surface area contributed by atoms with Crippen LogP contribution in [0.5, 0.6) is 0 Å². The quantitative estimate of drug-likeness (QED) is 0.829. The predicted molar refractivity (Wildman–Crippen MR) is 68.6 cm³/mol. The number of carbonyl (C=O) groups is 1. The van der Waals surface area contributed by atoms with Crippen LogP contribution in [0.3, 0.4) is 0 Å². The maximum atomic E-state index is 11.6. The Morgan fingerprint density at radius 2 is 2.24 bits per heavy atom. The highest BCUT2D eigenvalue weighted by Crippen LogP contribution is 2.26. The Morgan fingerprint density at radius 3 is 2.82 bits per heavy atom. The third-order valence-corrected chi connectivity index (χ3v) is 3.00. The van der Waals surface area contributed by atoms with Gasteiger partial charge in [0.2, 0.25) is 5.91 Å². The number of nitrogens with one attached hydrogen (secondary N) is 2. The molecule has 0 aromatic carbocycles. The van der Waals surface area contributed by atoms with E-state index in [4.69, 9.17) is 23.2 Å². The SMILES string of the molecule is Cc1cc(Cl)nc(Cl)c1NC(=O)CNC1CC1. The van der Waals surface area contributed by atoms with Crippen molar-refractivity contribution in [1.82, 2.24) is 10.3 Å². The number of anilines is 1. The highest BCUT2D eigenvalue weighted by atomic mass is 35.5. The van der Waals surface area contributed by atoms with Gasteiger partial charge in [-0.2, -0.15) is 0 Å². The zero-order chi connectivity index (χ0) is 12.4. The molecular formula is C11H13Cl2N3O. The van der Waals surface area contributed by atoms with E-state index >= 15 is 0 Å². The summed E-state index contributed by atoms with van der Waals surface area (Å²) in [6.45, 7) is 2.12. The Bertz CT molecular complexity index is 423. The van der Waals surface area contributed by atoms with Crippen LogP contribution in [0.2, 0.25) is 10.3 Å². The molecule has 17 heavy (non-hydrogen) atoms. The second-order valence-corrected chi connectivity index (χ2v) is 4.88. The van der Waals surface area contributed by atoms with Gasteiger partial charge in [-0.3, -0.25) is 4.79 Å². The Balaban J connectivity index is 1.99. The van der Waals surface area contributed by atoms with Gasteiger partial charge in [-0.15, -0.1) is 0 Å². The van der Waals surface area contributed by atoms with Gasteiger partial charge in [0.15, 0.2) is 5.15 Å². The Morgan fingerprint density at radius 1 is 1.53 bits per heavy atom. The third-order valence-electron chi connectivity index (χ3n) is 2.53. The van der Waals surface area contributed by atoms with Crippen molar-refractivity contribution in [3.05, 3.63) is 21.9 Å². The molecule has 0 bridgehead atoms. The van der Waals surface area contributed by atoms with Crippen LogP contribution in [0.4, 0.5) is 5.69 Å². The number of rotatable bonds is 4. The second-order valence-electron chi connectivity index (χ2n) is 4.13.